The van der Waals surface area contributed by atoms with E-state index >= 15 is 0 Å². The summed E-state index contributed by atoms with van der Waals surface area (Å²) in [4.78, 5) is 23.3. The fourth-order valence-corrected chi connectivity index (χ4v) is 4.20. The van der Waals surface area contributed by atoms with Gasteiger partial charge in [0.05, 0.1) is 12.1 Å². The van der Waals surface area contributed by atoms with Gasteiger partial charge in [-0.15, -0.1) is 22.7 Å². The lowest BCUT2D eigenvalue weighted by atomic mass is 10.2. The number of nitrogens with two attached hydrogens (primary N) is 1. The second kappa shape index (κ2) is 6.76. The molecule has 3 heterocycles. The molecule has 1 aliphatic rings. The molecule has 1 fully saturated rings. The highest BCUT2D eigenvalue weighted by Crippen LogP contribution is 2.22. The topological polar surface area (TPSA) is 62.5 Å². The number of aryl methyl sites for hydroxylation is 1. The van der Waals surface area contributed by atoms with Gasteiger partial charge in [-0.2, -0.15) is 0 Å². The molecular weight excluding hydrogens is 316 g/mol. The van der Waals surface area contributed by atoms with Crippen LogP contribution in [0.4, 0.5) is 5.13 Å². The Morgan fingerprint density at radius 1 is 1.36 bits per heavy atom. The molecule has 2 aromatic heterocycles. The molecule has 2 N–H and O–H groups in total. The summed E-state index contributed by atoms with van der Waals surface area (Å²) in [6.45, 7) is 6.31. The van der Waals surface area contributed by atoms with Crippen LogP contribution in [-0.4, -0.2) is 46.9 Å². The molecule has 0 aromatic carbocycles. The Balaban J connectivity index is 1.50. The molecule has 0 atom stereocenters. The lowest BCUT2D eigenvalue weighted by molar-refractivity contribution is -0.132. The summed E-state index contributed by atoms with van der Waals surface area (Å²) < 4.78 is 0. The number of hydrogen-bond acceptors (Lipinski definition) is 6. The second-order valence-corrected chi connectivity index (χ2v) is 7.62. The minimum Gasteiger partial charge on any atom is -0.375 e. The maximum atomic E-state index is 12.3. The quantitative estimate of drug-likeness (QED) is 0.927. The number of anilines is 1. The summed E-state index contributed by atoms with van der Waals surface area (Å²) in [5.41, 5.74) is 6.77. The van der Waals surface area contributed by atoms with Gasteiger partial charge in [0, 0.05) is 42.5 Å². The molecule has 0 aliphatic carbocycles. The first kappa shape index (κ1) is 15.5. The molecule has 7 heteroatoms. The van der Waals surface area contributed by atoms with Crippen LogP contribution in [0.15, 0.2) is 17.5 Å². The maximum absolute atomic E-state index is 12.3. The van der Waals surface area contributed by atoms with Gasteiger partial charge < -0.3 is 10.6 Å². The van der Waals surface area contributed by atoms with Crippen LogP contribution in [0.5, 0.6) is 0 Å². The number of piperazine rings is 1. The number of rotatable bonds is 4. The molecule has 5 nitrogen and oxygen atoms in total. The fourth-order valence-electron chi connectivity index (χ4n) is 2.63. The Morgan fingerprint density at radius 3 is 2.73 bits per heavy atom. The van der Waals surface area contributed by atoms with Crippen molar-refractivity contribution in [2.75, 3.05) is 31.9 Å². The van der Waals surface area contributed by atoms with Crippen LogP contribution in [0.2, 0.25) is 0 Å². The first-order valence-corrected chi connectivity index (χ1v) is 9.05. The Labute approximate surface area is 138 Å². The van der Waals surface area contributed by atoms with E-state index in [4.69, 9.17) is 5.73 Å². The van der Waals surface area contributed by atoms with Crippen molar-refractivity contribution in [1.29, 1.82) is 0 Å². The number of nitrogens with zero attached hydrogens (tertiary/aromatic N) is 3. The Morgan fingerprint density at radius 2 is 2.14 bits per heavy atom. The summed E-state index contributed by atoms with van der Waals surface area (Å²) in [6.07, 6.45) is 0.530. The van der Waals surface area contributed by atoms with E-state index in [1.165, 1.54) is 4.88 Å². The predicted octanol–water partition coefficient (Wildman–Crippen LogP) is 1.98. The normalized spacial score (nSPS) is 16.1. The molecule has 0 bridgehead atoms. The molecule has 0 saturated carbocycles. The molecule has 0 radical (unpaired) electrons. The molecule has 1 amide bonds. The lowest BCUT2D eigenvalue weighted by Crippen LogP contribution is -2.48. The standard InChI is InChI=1S/C15H20N4OS2/c1-11-13(22-15(16)17-11)10-18-4-6-19(7-5-18)14(20)9-12-3-2-8-21-12/h2-3,8H,4-7,9-10H2,1H3,(H2,16,17). The zero-order valence-corrected chi connectivity index (χ0v) is 14.3. The van der Waals surface area contributed by atoms with E-state index in [1.807, 2.05) is 29.3 Å². The van der Waals surface area contributed by atoms with Crippen molar-refractivity contribution in [3.05, 3.63) is 33.0 Å². The molecule has 1 aliphatic heterocycles. The molecule has 0 spiro atoms. The SMILES string of the molecule is Cc1nc(N)sc1CN1CCN(C(=O)Cc2cccs2)CC1. The van der Waals surface area contributed by atoms with Gasteiger partial charge in [0.2, 0.25) is 5.91 Å². The third kappa shape index (κ3) is 3.66. The average molecular weight is 336 g/mol. The highest BCUT2D eigenvalue weighted by Gasteiger charge is 2.22. The fraction of sp³-hybridized carbons (Fsp3) is 0.467. The number of carbonyl (C=O) groups excluding carboxylic acids is 1. The van der Waals surface area contributed by atoms with Crippen LogP contribution < -0.4 is 5.73 Å². The number of thiophene rings is 1. The number of thiazole rings is 1. The first-order chi connectivity index (χ1) is 10.6. The van der Waals surface area contributed by atoms with Crippen LogP contribution >= 0.6 is 22.7 Å². The zero-order valence-electron chi connectivity index (χ0n) is 12.6. The summed E-state index contributed by atoms with van der Waals surface area (Å²) in [6, 6.07) is 4.02. The van der Waals surface area contributed by atoms with Crippen LogP contribution in [0.25, 0.3) is 0 Å². The number of hydrogen-bond donors (Lipinski definition) is 1. The Kier molecular flexibility index (Phi) is 4.75. The smallest absolute Gasteiger partial charge is 0.227 e. The van der Waals surface area contributed by atoms with Gasteiger partial charge in [0.25, 0.3) is 0 Å². The van der Waals surface area contributed by atoms with E-state index in [2.05, 4.69) is 9.88 Å². The minimum atomic E-state index is 0.236. The summed E-state index contributed by atoms with van der Waals surface area (Å²) in [5.74, 6) is 0.236. The molecule has 118 valence electrons. The van der Waals surface area contributed by atoms with Crippen LogP contribution in [0.1, 0.15) is 15.4 Å². The lowest BCUT2D eigenvalue weighted by Gasteiger charge is -2.34. The monoisotopic (exact) mass is 336 g/mol. The summed E-state index contributed by atoms with van der Waals surface area (Å²) in [7, 11) is 0. The minimum absolute atomic E-state index is 0.236. The van der Waals surface area contributed by atoms with Crippen LogP contribution in [0.3, 0.4) is 0 Å². The summed E-state index contributed by atoms with van der Waals surface area (Å²) >= 11 is 3.21. The Hall–Kier alpha value is -1.44. The van der Waals surface area contributed by atoms with Crippen LogP contribution in [0, 0.1) is 6.92 Å². The third-order valence-corrected chi connectivity index (χ3v) is 5.75. The van der Waals surface area contributed by atoms with E-state index in [0.29, 0.717) is 11.6 Å². The van der Waals surface area contributed by atoms with Crippen LogP contribution in [-0.2, 0) is 17.8 Å². The summed E-state index contributed by atoms with van der Waals surface area (Å²) in [5, 5.41) is 2.65. The predicted molar refractivity (Wildman–Crippen MR) is 91.1 cm³/mol. The van der Waals surface area contributed by atoms with Crippen molar-refractivity contribution in [3.63, 3.8) is 0 Å². The van der Waals surface area contributed by atoms with Gasteiger partial charge in [-0.25, -0.2) is 4.98 Å². The van der Waals surface area contributed by atoms with Gasteiger partial charge in [-0.1, -0.05) is 6.07 Å². The molecular formula is C15H20N4OS2. The average Bonchev–Trinajstić information content (AvgIpc) is 3.10. The molecule has 1 saturated heterocycles. The highest BCUT2D eigenvalue weighted by atomic mass is 32.1. The van der Waals surface area contributed by atoms with Crippen molar-refractivity contribution in [2.24, 2.45) is 0 Å². The van der Waals surface area contributed by atoms with E-state index in [1.54, 1.807) is 22.7 Å². The maximum Gasteiger partial charge on any atom is 0.227 e. The number of carbonyl (C=O) groups is 1. The molecule has 3 rings (SSSR count). The molecule has 0 unspecified atom stereocenters. The van der Waals surface area contributed by atoms with Crippen molar-refractivity contribution in [1.82, 2.24) is 14.8 Å². The van der Waals surface area contributed by atoms with E-state index < -0.39 is 0 Å². The van der Waals surface area contributed by atoms with E-state index in [9.17, 15) is 4.79 Å². The van der Waals surface area contributed by atoms with E-state index in [-0.39, 0.29) is 5.91 Å². The van der Waals surface area contributed by atoms with Gasteiger partial charge in [0.1, 0.15) is 0 Å². The van der Waals surface area contributed by atoms with Crippen molar-refractivity contribution < 1.29 is 4.79 Å². The molecule has 2 aromatic rings. The second-order valence-electron chi connectivity index (χ2n) is 5.47. The van der Waals surface area contributed by atoms with E-state index in [0.717, 1.165) is 43.3 Å². The van der Waals surface area contributed by atoms with Gasteiger partial charge in [-0.05, 0) is 18.4 Å². The molecule has 22 heavy (non-hydrogen) atoms. The number of aromatic nitrogens is 1. The van der Waals surface area contributed by atoms with Gasteiger partial charge >= 0.3 is 0 Å². The van der Waals surface area contributed by atoms with Crippen molar-refractivity contribution in [2.45, 2.75) is 19.9 Å². The zero-order chi connectivity index (χ0) is 15.5. The Bertz CT molecular complexity index is 630. The van der Waals surface area contributed by atoms with Gasteiger partial charge in [0.15, 0.2) is 5.13 Å². The highest BCUT2D eigenvalue weighted by molar-refractivity contribution is 7.15. The number of nitrogen functional groups attached to an aromatic ring is 1. The van der Waals surface area contributed by atoms with Crippen molar-refractivity contribution >= 4 is 33.7 Å². The largest absolute Gasteiger partial charge is 0.375 e. The third-order valence-electron chi connectivity index (χ3n) is 3.91. The van der Waals surface area contributed by atoms with Crippen molar-refractivity contribution in [3.8, 4) is 0 Å². The number of amides is 1. The first-order valence-electron chi connectivity index (χ1n) is 7.36. The van der Waals surface area contributed by atoms with Gasteiger partial charge in [-0.3, -0.25) is 9.69 Å².